The molecule has 7 heteroatoms. The highest BCUT2D eigenvalue weighted by Gasteiger charge is 2.32. The van der Waals surface area contributed by atoms with Crippen molar-refractivity contribution in [3.05, 3.63) is 70.3 Å². The van der Waals surface area contributed by atoms with Gasteiger partial charge in [0.15, 0.2) is 0 Å². The minimum Gasteiger partial charge on any atom is -0.491 e. The minimum atomic E-state index is -0.425. The molecule has 194 valence electrons. The summed E-state index contributed by atoms with van der Waals surface area (Å²) in [4.78, 5) is 14.4. The zero-order valence-corrected chi connectivity index (χ0v) is 22.4. The Kier molecular flexibility index (Phi) is 10.0. The Morgan fingerprint density at radius 1 is 1.14 bits per heavy atom. The smallest absolute Gasteiger partial charge is 0.248 e. The molecule has 1 amide bonds. The molecule has 1 heterocycles. The number of benzene rings is 2. The van der Waals surface area contributed by atoms with Crippen LogP contribution in [0.1, 0.15) is 66.4 Å². The normalized spacial score (nSPS) is 20.1. The van der Waals surface area contributed by atoms with Crippen LogP contribution in [0.4, 0.5) is 5.69 Å². The van der Waals surface area contributed by atoms with Gasteiger partial charge in [0.25, 0.3) is 0 Å². The third kappa shape index (κ3) is 7.21. The van der Waals surface area contributed by atoms with Gasteiger partial charge in [-0.15, -0.1) is 0 Å². The lowest BCUT2D eigenvalue weighted by molar-refractivity contribution is 0.1000. The highest BCUT2D eigenvalue weighted by atomic mass is 35.5. The number of anilines is 1. The molecule has 4 rings (SSSR count). The Hall–Kier alpha value is -2.15. The summed E-state index contributed by atoms with van der Waals surface area (Å²) in [7, 11) is 0. The number of allylic oxidation sites excluding steroid dienone is 2. The number of amides is 1. The van der Waals surface area contributed by atoms with Gasteiger partial charge >= 0.3 is 0 Å². The highest BCUT2D eigenvalue weighted by Crippen LogP contribution is 2.41. The van der Waals surface area contributed by atoms with Crippen molar-refractivity contribution in [2.75, 3.05) is 23.8 Å². The lowest BCUT2D eigenvalue weighted by Gasteiger charge is -2.41. The maximum atomic E-state index is 12.0. The number of nitrogens with two attached hydrogens (primary N) is 1. The van der Waals surface area contributed by atoms with Crippen molar-refractivity contribution in [1.29, 1.82) is 0 Å². The van der Waals surface area contributed by atoms with Crippen molar-refractivity contribution < 1.29 is 14.1 Å². The minimum absolute atomic E-state index is 0.425. The van der Waals surface area contributed by atoms with E-state index < -0.39 is 5.91 Å². The van der Waals surface area contributed by atoms with Gasteiger partial charge < -0.3 is 19.9 Å². The number of nitrogens with zero attached hydrogens (tertiary/aromatic N) is 1. The van der Waals surface area contributed by atoms with Crippen LogP contribution < -0.4 is 15.4 Å². The van der Waals surface area contributed by atoms with Crippen LogP contribution in [-0.4, -0.2) is 29.4 Å². The van der Waals surface area contributed by atoms with Crippen LogP contribution in [0.3, 0.4) is 0 Å². The van der Waals surface area contributed by atoms with Crippen LogP contribution in [0, 0.1) is 11.8 Å². The highest BCUT2D eigenvalue weighted by molar-refractivity contribution is 7.93. The summed E-state index contributed by atoms with van der Waals surface area (Å²) >= 11 is 7.28. The predicted molar refractivity (Wildman–Crippen MR) is 150 cm³/mol. The van der Waals surface area contributed by atoms with E-state index in [1.807, 2.05) is 18.2 Å². The second-order valence-corrected chi connectivity index (χ2v) is 11.0. The Labute approximate surface area is 224 Å². The van der Waals surface area contributed by atoms with Crippen molar-refractivity contribution in [3.8, 4) is 5.75 Å². The first kappa shape index (κ1) is 26.9. The maximum absolute atomic E-state index is 12.0. The van der Waals surface area contributed by atoms with Gasteiger partial charge in [0.2, 0.25) is 5.91 Å². The first-order valence-corrected chi connectivity index (χ1v) is 14.4. The molecular weight excluding hydrogens is 492 g/mol. The number of ether oxygens (including phenoxy) is 1. The molecule has 2 aliphatic rings. The number of rotatable bonds is 9. The summed E-state index contributed by atoms with van der Waals surface area (Å²) in [5.41, 5.74) is 9.66. The van der Waals surface area contributed by atoms with Crippen LogP contribution in [-0.2, 0) is 13.0 Å². The quantitative estimate of drug-likeness (QED) is 0.206. The first-order chi connectivity index (χ1) is 17.5. The zero-order chi connectivity index (χ0) is 25.3. The lowest BCUT2D eigenvalue weighted by Crippen LogP contribution is -2.38. The topological polar surface area (TPSA) is 75.8 Å². The number of fused-ring (bicyclic) bond motifs is 2. The maximum Gasteiger partial charge on any atom is 0.248 e. The van der Waals surface area contributed by atoms with Crippen molar-refractivity contribution in [1.82, 2.24) is 0 Å². The summed E-state index contributed by atoms with van der Waals surface area (Å²) in [6, 6.07) is 11.8. The number of carbonyl (C=O) groups is 1. The molecule has 0 radical (unpaired) electrons. The molecule has 1 fully saturated rings. The van der Waals surface area contributed by atoms with Gasteiger partial charge in [-0.25, -0.2) is 0 Å². The fourth-order valence-corrected chi connectivity index (χ4v) is 5.69. The van der Waals surface area contributed by atoms with Gasteiger partial charge in [-0.3, -0.25) is 4.79 Å². The number of hydrogen-bond donors (Lipinski definition) is 2. The molecule has 2 aromatic carbocycles. The standard InChI is InChI=1S/C29H37ClN2O3S/c30-26-13-11-25-20-32(19-24-10-9-21(24)7-3-1-2-6-16-36-34)27-18-23(29(31)33)12-14-28(27)35-15-5-4-8-22(25)17-26/h1,3,11-14,17-18,21,24,34H,2,4-10,15-16,19-20H2,(H2,31,33)/b3-1+/t21-,24+/m1/s1. The number of halogens is 1. The van der Waals surface area contributed by atoms with E-state index in [0.29, 0.717) is 24.0 Å². The average Bonchev–Trinajstić information content (AvgIpc) is 2.88. The fraction of sp³-hybridized carbons (Fsp3) is 0.483. The van der Waals surface area contributed by atoms with Crippen molar-refractivity contribution in [2.45, 2.75) is 57.9 Å². The number of primary amides is 1. The first-order valence-electron chi connectivity index (χ1n) is 13.1. The molecule has 36 heavy (non-hydrogen) atoms. The number of hydrogen-bond acceptors (Lipinski definition) is 5. The van der Waals surface area contributed by atoms with E-state index in [2.05, 4.69) is 29.2 Å². The summed E-state index contributed by atoms with van der Waals surface area (Å²) < 4.78 is 15.1. The van der Waals surface area contributed by atoms with Gasteiger partial charge in [-0.2, -0.15) is 0 Å². The van der Waals surface area contributed by atoms with Crippen molar-refractivity contribution >= 4 is 35.2 Å². The summed E-state index contributed by atoms with van der Waals surface area (Å²) in [5, 5.41) is 0.770. The number of aryl methyl sites for hydroxylation is 1. The van der Waals surface area contributed by atoms with Crippen molar-refractivity contribution in [3.63, 3.8) is 0 Å². The summed E-state index contributed by atoms with van der Waals surface area (Å²) in [6.07, 6.45) is 13.1. The Bertz CT molecular complexity index is 1060. The second kappa shape index (κ2) is 13.4. The molecule has 2 atom stereocenters. The molecule has 5 nitrogen and oxygen atoms in total. The predicted octanol–water partition coefficient (Wildman–Crippen LogP) is 7.12. The van der Waals surface area contributed by atoms with E-state index in [9.17, 15) is 4.79 Å². The average molecular weight is 529 g/mol. The van der Waals surface area contributed by atoms with E-state index in [1.165, 1.54) is 24.0 Å². The molecule has 3 N–H and O–H groups in total. The molecular formula is C29H37ClN2O3S. The van der Waals surface area contributed by atoms with Crippen LogP contribution in [0.25, 0.3) is 0 Å². The van der Waals surface area contributed by atoms with E-state index in [-0.39, 0.29) is 0 Å². The zero-order valence-electron chi connectivity index (χ0n) is 20.8. The molecule has 1 aliphatic carbocycles. The van der Waals surface area contributed by atoms with E-state index in [1.54, 1.807) is 6.07 Å². The summed E-state index contributed by atoms with van der Waals surface area (Å²) in [6.45, 7) is 2.28. The third-order valence-corrected chi connectivity index (χ3v) is 8.16. The molecule has 1 aliphatic heterocycles. The van der Waals surface area contributed by atoms with Crippen LogP contribution in [0.15, 0.2) is 48.6 Å². The van der Waals surface area contributed by atoms with Crippen LogP contribution >= 0.6 is 23.6 Å². The molecule has 0 spiro atoms. The number of carbonyl (C=O) groups excluding carboxylic acids is 1. The SMILES string of the molecule is NC(=O)c1ccc2c(c1)N(C[C@@H]1CC[C@H]1C/C=C/CCCSO)Cc1ccc(Cl)cc1CCCCO2. The van der Waals surface area contributed by atoms with Crippen LogP contribution in [0.2, 0.25) is 5.02 Å². The van der Waals surface area contributed by atoms with Gasteiger partial charge in [-0.1, -0.05) is 29.8 Å². The third-order valence-electron chi connectivity index (χ3n) is 7.45. The van der Waals surface area contributed by atoms with Gasteiger partial charge in [0.1, 0.15) is 5.75 Å². The van der Waals surface area contributed by atoms with Gasteiger partial charge in [0.05, 0.1) is 12.3 Å². The van der Waals surface area contributed by atoms with Crippen molar-refractivity contribution in [2.24, 2.45) is 17.6 Å². The Balaban J connectivity index is 1.58. The molecule has 0 bridgehead atoms. The summed E-state index contributed by atoms with van der Waals surface area (Å²) in [5.74, 6) is 2.40. The Morgan fingerprint density at radius 3 is 2.78 bits per heavy atom. The lowest BCUT2D eigenvalue weighted by atomic mass is 9.71. The number of unbranched alkanes of at least 4 members (excludes halogenated alkanes) is 1. The molecule has 0 saturated heterocycles. The van der Waals surface area contributed by atoms with Gasteiger partial charge in [-0.05, 0) is 117 Å². The van der Waals surface area contributed by atoms with Gasteiger partial charge in [0, 0.05) is 29.4 Å². The monoisotopic (exact) mass is 528 g/mol. The molecule has 0 unspecified atom stereocenters. The molecule has 2 aromatic rings. The second-order valence-electron chi connectivity index (χ2n) is 9.93. The van der Waals surface area contributed by atoms with E-state index in [4.69, 9.17) is 26.6 Å². The molecule has 0 aromatic heterocycles. The Morgan fingerprint density at radius 2 is 2.00 bits per heavy atom. The van der Waals surface area contributed by atoms with E-state index in [0.717, 1.165) is 85.9 Å². The molecule has 1 saturated carbocycles. The van der Waals surface area contributed by atoms with E-state index >= 15 is 0 Å². The van der Waals surface area contributed by atoms with Crippen LogP contribution in [0.5, 0.6) is 5.75 Å². The fourth-order valence-electron chi connectivity index (χ4n) is 5.20. The largest absolute Gasteiger partial charge is 0.491 e.